The van der Waals surface area contributed by atoms with E-state index in [0.29, 0.717) is 17.0 Å². The molecule has 1 fully saturated rings. The summed E-state index contributed by atoms with van der Waals surface area (Å²) in [6.45, 7) is 1.80. The van der Waals surface area contributed by atoms with Crippen molar-refractivity contribution in [2.24, 2.45) is 5.10 Å². The van der Waals surface area contributed by atoms with Gasteiger partial charge in [0.15, 0.2) is 0 Å². The average Bonchev–Trinajstić information content (AvgIpc) is 2.87. The van der Waals surface area contributed by atoms with Crippen LogP contribution in [-0.4, -0.2) is 23.2 Å². The highest BCUT2D eigenvalue weighted by molar-refractivity contribution is 6.33. The second-order valence-corrected chi connectivity index (χ2v) is 5.96. The summed E-state index contributed by atoms with van der Waals surface area (Å²) in [6, 6.07) is 12.4. The highest BCUT2D eigenvalue weighted by atomic mass is 35.5. The molecule has 1 aliphatic rings. The van der Waals surface area contributed by atoms with Crippen LogP contribution < -0.4 is 5.32 Å². The van der Waals surface area contributed by atoms with Gasteiger partial charge in [-0.05, 0) is 24.1 Å². The molecule has 25 heavy (non-hydrogen) atoms. The van der Waals surface area contributed by atoms with E-state index in [0.717, 1.165) is 6.21 Å². The zero-order valence-corrected chi connectivity index (χ0v) is 14.1. The zero-order valence-electron chi connectivity index (χ0n) is 13.4. The predicted molar refractivity (Wildman–Crippen MR) is 92.8 cm³/mol. The lowest BCUT2D eigenvalue weighted by Crippen LogP contribution is -2.43. The highest BCUT2D eigenvalue weighted by Gasteiger charge is 2.51. The molecule has 0 aliphatic carbocycles. The van der Waals surface area contributed by atoms with E-state index in [-0.39, 0.29) is 10.6 Å². The van der Waals surface area contributed by atoms with Crippen LogP contribution in [-0.2, 0) is 10.3 Å². The molecule has 1 atom stereocenters. The molecule has 128 valence electrons. The van der Waals surface area contributed by atoms with Crippen LogP contribution in [0.2, 0.25) is 5.02 Å². The summed E-state index contributed by atoms with van der Waals surface area (Å²) in [4.78, 5) is 25.1. The summed E-state index contributed by atoms with van der Waals surface area (Å²) in [6.07, 6.45) is 1.43. The first-order chi connectivity index (χ1) is 12.0. The predicted octanol–water partition coefficient (Wildman–Crippen LogP) is 3.67. The van der Waals surface area contributed by atoms with Crippen molar-refractivity contribution in [1.29, 1.82) is 0 Å². The van der Waals surface area contributed by atoms with E-state index in [1.165, 1.54) is 18.2 Å². The van der Waals surface area contributed by atoms with Crippen LogP contribution in [0.3, 0.4) is 0 Å². The largest absolute Gasteiger partial charge is 0.346 e. The first kappa shape index (κ1) is 17.1. The molecule has 1 saturated heterocycles. The molecule has 3 rings (SSSR count). The number of amides is 3. The molecule has 2 aromatic carbocycles. The summed E-state index contributed by atoms with van der Waals surface area (Å²) in [5.74, 6) is -1.11. The minimum absolute atomic E-state index is 0.0125. The number of carbonyl (C=O) groups excluding carboxylic acids is 2. The van der Waals surface area contributed by atoms with Crippen LogP contribution in [0.4, 0.5) is 9.18 Å². The molecule has 5 nitrogen and oxygen atoms in total. The van der Waals surface area contributed by atoms with Crippen LogP contribution in [0.15, 0.2) is 53.6 Å². The minimum Gasteiger partial charge on any atom is -0.318 e. The number of hydrazone groups is 1. The van der Waals surface area contributed by atoms with Gasteiger partial charge in [0, 0.05) is 5.56 Å². The third kappa shape index (κ3) is 2.89. The number of hydrogen-bond donors (Lipinski definition) is 1. The highest BCUT2D eigenvalue weighted by Crippen LogP contribution is 2.32. The number of nitrogens with zero attached hydrogens (tertiary/aromatic N) is 2. The lowest BCUT2D eigenvalue weighted by Gasteiger charge is -2.24. The molecule has 3 amide bonds. The Bertz CT molecular complexity index is 836. The fraction of sp³-hybridized carbons (Fsp3) is 0.167. The Balaban J connectivity index is 1.95. The van der Waals surface area contributed by atoms with Gasteiger partial charge in [-0.1, -0.05) is 54.9 Å². The average molecular weight is 360 g/mol. The van der Waals surface area contributed by atoms with Crippen LogP contribution in [0, 0.1) is 5.82 Å². The Kier molecular flexibility index (Phi) is 4.55. The van der Waals surface area contributed by atoms with Crippen molar-refractivity contribution in [1.82, 2.24) is 10.3 Å². The van der Waals surface area contributed by atoms with Crippen molar-refractivity contribution in [3.63, 3.8) is 0 Å². The van der Waals surface area contributed by atoms with Crippen LogP contribution in [0.1, 0.15) is 24.5 Å². The van der Waals surface area contributed by atoms with E-state index in [9.17, 15) is 14.0 Å². The van der Waals surface area contributed by atoms with E-state index >= 15 is 0 Å². The first-order valence-electron chi connectivity index (χ1n) is 7.70. The maximum Gasteiger partial charge on any atom is 0.346 e. The normalized spacial score (nSPS) is 20.4. The molecule has 7 heteroatoms. The summed E-state index contributed by atoms with van der Waals surface area (Å²) >= 11 is 5.93. The van der Waals surface area contributed by atoms with Crippen molar-refractivity contribution in [3.8, 4) is 0 Å². The topological polar surface area (TPSA) is 61.8 Å². The number of carbonyl (C=O) groups is 2. The molecule has 0 saturated carbocycles. The minimum atomic E-state index is -1.19. The van der Waals surface area contributed by atoms with Crippen molar-refractivity contribution in [3.05, 3.63) is 70.5 Å². The monoisotopic (exact) mass is 359 g/mol. The summed E-state index contributed by atoms with van der Waals surface area (Å²) in [7, 11) is 0. The van der Waals surface area contributed by atoms with Crippen molar-refractivity contribution >= 4 is 29.8 Å². The summed E-state index contributed by atoms with van der Waals surface area (Å²) in [5.41, 5.74) is -0.509. The molecule has 1 N–H and O–H groups in total. The second-order valence-electron chi connectivity index (χ2n) is 5.55. The Morgan fingerprint density at radius 3 is 2.56 bits per heavy atom. The number of urea groups is 1. The molecule has 0 aromatic heterocycles. The van der Waals surface area contributed by atoms with Crippen molar-refractivity contribution < 1.29 is 14.0 Å². The molecule has 0 radical (unpaired) electrons. The van der Waals surface area contributed by atoms with Crippen LogP contribution in [0.25, 0.3) is 0 Å². The summed E-state index contributed by atoms with van der Waals surface area (Å²) in [5, 5.41) is 7.41. The number of imide groups is 1. The molecular weight excluding hydrogens is 345 g/mol. The number of benzene rings is 2. The van der Waals surface area contributed by atoms with Gasteiger partial charge in [-0.25, -0.2) is 9.18 Å². The standard InChI is InChI=1S/C18H15ClFN3O2/c1-2-18(12-7-4-3-5-8-12)16(24)23(17(25)22-18)21-11-13-14(19)9-6-10-15(13)20/h3-11H,2H2,1H3,(H,22,25)/t18-/m0/s1. The number of halogens is 2. The molecule has 2 aromatic rings. The van der Waals surface area contributed by atoms with Crippen molar-refractivity contribution in [2.75, 3.05) is 0 Å². The van der Waals surface area contributed by atoms with Gasteiger partial charge in [0.2, 0.25) is 0 Å². The molecule has 0 unspecified atom stereocenters. The van der Waals surface area contributed by atoms with Gasteiger partial charge < -0.3 is 5.32 Å². The number of hydrogen-bond acceptors (Lipinski definition) is 3. The fourth-order valence-corrected chi connectivity index (χ4v) is 2.99. The SMILES string of the molecule is CC[C@@]1(c2ccccc2)NC(=O)N(N=Cc2c(F)cccc2Cl)C1=O. The van der Waals surface area contributed by atoms with Crippen LogP contribution >= 0.6 is 11.6 Å². The Morgan fingerprint density at radius 2 is 1.92 bits per heavy atom. The van der Waals surface area contributed by atoms with Gasteiger partial charge in [0.1, 0.15) is 11.4 Å². The quantitative estimate of drug-likeness (QED) is 0.668. The molecule has 0 spiro atoms. The molecule has 0 bridgehead atoms. The summed E-state index contributed by atoms with van der Waals surface area (Å²) < 4.78 is 13.8. The molecule has 1 aliphatic heterocycles. The fourth-order valence-electron chi connectivity index (χ4n) is 2.78. The van der Waals surface area contributed by atoms with E-state index in [1.807, 2.05) is 6.07 Å². The van der Waals surface area contributed by atoms with E-state index in [4.69, 9.17) is 11.6 Å². The van der Waals surface area contributed by atoms with Crippen LogP contribution in [0.5, 0.6) is 0 Å². The number of rotatable bonds is 4. The number of nitrogens with one attached hydrogen (secondary N) is 1. The molecular formula is C18H15ClFN3O2. The maximum atomic E-state index is 13.8. The lowest BCUT2D eigenvalue weighted by atomic mass is 9.87. The lowest BCUT2D eigenvalue weighted by molar-refractivity contribution is -0.131. The van der Waals surface area contributed by atoms with E-state index in [2.05, 4.69) is 10.4 Å². The molecule has 1 heterocycles. The zero-order chi connectivity index (χ0) is 18.0. The van der Waals surface area contributed by atoms with Gasteiger partial charge in [-0.15, -0.1) is 5.01 Å². The Hall–Kier alpha value is -2.73. The van der Waals surface area contributed by atoms with E-state index in [1.54, 1.807) is 31.2 Å². The maximum absolute atomic E-state index is 13.8. The van der Waals surface area contributed by atoms with Gasteiger partial charge >= 0.3 is 6.03 Å². The van der Waals surface area contributed by atoms with Gasteiger partial charge in [-0.3, -0.25) is 4.79 Å². The van der Waals surface area contributed by atoms with E-state index < -0.39 is 23.3 Å². The van der Waals surface area contributed by atoms with Crippen molar-refractivity contribution in [2.45, 2.75) is 18.9 Å². The second kappa shape index (κ2) is 6.64. The third-order valence-corrected chi connectivity index (χ3v) is 4.50. The van der Waals surface area contributed by atoms with Gasteiger partial charge in [0.25, 0.3) is 5.91 Å². The first-order valence-corrected chi connectivity index (χ1v) is 8.07. The smallest absolute Gasteiger partial charge is 0.318 e. The van der Waals surface area contributed by atoms with Gasteiger partial charge in [-0.2, -0.15) is 5.10 Å². The third-order valence-electron chi connectivity index (χ3n) is 4.17. The van der Waals surface area contributed by atoms with Gasteiger partial charge in [0.05, 0.1) is 11.2 Å². The Morgan fingerprint density at radius 1 is 1.20 bits per heavy atom. The Labute approximate surface area is 149 Å².